The summed E-state index contributed by atoms with van der Waals surface area (Å²) in [4.78, 5) is 13.9. The van der Waals surface area contributed by atoms with Crippen LogP contribution in [0.25, 0.3) is 0 Å². The first kappa shape index (κ1) is 27.6. The Bertz CT molecular complexity index is 977. The van der Waals surface area contributed by atoms with E-state index in [1.807, 2.05) is 6.92 Å². The molecule has 5 rings (SSSR count). The van der Waals surface area contributed by atoms with Crippen molar-refractivity contribution in [2.75, 3.05) is 0 Å². The van der Waals surface area contributed by atoms with Crippen molar-refractivity contribution in [2.24, 2.45) is 62.2 Å². The van der Waals surface area contributed by atoms with Gasteiger partial charge in [-0.15, -0.1) is 0 Å². The number of carbonyl (C=O) groups excluding carboxylic acids is 1. The van der Waals surface area contributed by atoms with Crippen molar-refractivity contribution in [3.8, 4) is 0 Å². The van der Waals surface area contributed by atoms with Crippen LogP contribution in [0.1, 0.15) is 113 Å². The second-order valence-electron chi connectivity index (χ2n) is 15.7. The van der Waals surface area contributed by atoms with E-state index in [4.69, 9.17) is 11.5 Å². The van der Waals surface area contributed by atoms with Gasteiger partial charge in [-0.3, -0.25) is 4.79 Å². The standard InChI is InChI=1S/C32H55N3O2/c1-19(2)21-9-15-31(26(37)35-20(3)33)18-17-30(8)29(7)14-10-22-27(4,5)24(36)12-13-28(22,6)23(29)11-16-32(30,34)25(21)31/h20-25,36H,1,9-18,33-34H2,2-8H3,(H,35,37)/t20?,21-,22-,23+,24-,25-,28-,29+,30-,31-,32-/m0/s1. The summed E-state index contributed by atoms with van der Waals surface area (Å²) in [7, 11) is 0. The SMILES string of the molecule is C=C(C)[C@@H]1CC[C@]2(C(=O)NC(C)N)CC[C@@]3(C)[C@]4(C)CC[C@H]5C(C)(C)[C@@H](O)CC[C@]5(C)[C@H]4CC[C@]3(N)[C@@H]12. The van der Waals surface area contributed by atoms with E-state index in [9.17, 15) is 9.90 Å². The molecule has 5 aliphatic carbocycles. The molecule has 0 heterocycles. The Balaban J connectivity index is 1.59. The number of hydrogen-bond acceptors (Lipinski definition) is 4. The van der Waals surface area contributed by atoms with Crippen LogP contribution in [0.3, 0.4) is 0 Å². The summed E-state index contributed by atoms with van der Waals surface area (Å²) in [6, 6.07) is 0. The predicted octanol–water partition coefficient (Wildman–Crippen LogP) is 5.51. The highest BCUT2D eigenvalue weighted by atomic mass is 16.3. The Morgan fingerprint density at radius 2 is 1.59 bits per heavy atom. The molecule has 11 atom stereocenters. The van der Waals surface area contributed by atoms with Gasteiger partial charge in [0.2, 0.25) is 5.91 Å². The number of amides is 1. The summed E-state index contributed by atoms with van der Waals surface area (Å²) < 4.78 is 0. The van der Waals surface area contributed by atoms with E-state index in [0.29, 0.717) is 11.8 Å². The Labute approximate surface area is 226 Å². The summed E-state index contributed by atoms with van der Waals surface area (Å²) in [6.07, 6.45) is 9.60. The molecule has 0 aromatic heterocycles. The number of nitrogens with two attached hydrogens (primary N) is 2. The molecule has 5 aliphatic rings. The van der Waals surface area contributed by atoms with Gasteiger partial charge in [-0.25, -0.2) is 0 Å². The fourth-order valence-electron chi connectivity index (χ4n) is 12.0. The summed E-state index contributed by atoms with van der Waals surface area (Å²) in [5.41, 5.74) is 14.5. The molecule has 210 valence electrons. The topological polar surface area (TPSA) is 101 Å². The average molecular weight is 514 g/mol. The smallest absolute Gasteiger partial charge is 0.227 e. The van der Waals surface area contributed by atoms with Crippen molar-refractivity contribution in [1.82, 2.24) is 5.32 Å². The summed E-state index contributed by atoms with van der Waals surface area (Å²) in [6.45, 7) is 20.7. The van der Waals surface area contributed by atoms with Gasteiger partial charge in [0, 0.05) is 5.54 Å². The minimum Gasteiger partial charge on any atom is -0.393 e. The van der Waals surface area contributed by atoms with Gasteiger partial charge in [-0.1, -0.05) is 46.8 Å². The van der Waals surface area contributed by atoms with Crippen LogP contribution in [0.15, 0.2) is 12.2 Å². The first-order valence-electron chi connectivity index (χ1n) is 15.2. The number of rotatable bonds is 3. The lowest BCUT2D eigenvalue weighted by molar-refractivity contribution is -0.253. The van der Waals surface area contributed by atoms with Crippen LogP contribution >= 0.6 is 0 Å². The third-order valence-electron chi connectivity index (χ3n) is 14.1. The molecule has 5 heteroatoms. The third kappa shape index (κ3) is 3.29. The first-order chi connectivity index (χ1) is 17.0. The Morgan fingerprint density at radius 3 is 2.22 bits per heavy atom. The summed E-state index contributed by atoms with van der Waals surface area (Å²) in [5.74, 6) is 1.61. The zero-order valence-corrected chi connectivity index (χ0v) is 24.8. The number of allylic oxidation sites excluding steroid dienone is 1. The molecule has 0 aromatic carbocycles. The van der Waals surface area contributed by atoms with Gasteiger partial charge in [0.1, 0.15) is 0 Å². The Morgan fingerprint density at radius 1 is 0.946 bits per heavy atom. The fraction of sp³-hybridized carbons (Fsp3) is 0.906. The molecule has 0 spiro atoms. The minimum absolute atomic E-state index is 0.0539. The number of fused-ring (bicyclic) bond motifs is 7. The van der Waals surface area contributed by atoms with Crippen LogP contribution in [0.2, 0.25) is 0 Å². The first-order valence-corrected chi connectivity index (χ1v) is 15.2. The van der Waals surface area contributed by atoms with Crippen molar-refractivity contribution in [3.05, 3.63) is 12.2 Å². The molecule has 37 heavy (non-hydrogen) atoms. The second kappa shape index (κ2) is 8.30. The number of nitrogens with one attached hydrogen (secondary N) is 1. The maximum atomic E-state index is 13.9. The zero-order valence-electron chi connectivity index (χ0n) is 24.8. The van der Waals surface area contributed by atoms with Crippen molar-refractivity contribution in [2.45, 2.75) is 130 Å². The van der Waals surface area contributed by atoms with E-state index in [2.05, 4.69) is 53.4 Å². The minimum atomic E-state index is -0.452. The van der Waals surface area contributed by atoms with Crippen LogP contribution in [-0.2, 0) is 4.79 Å². The number of aliphatic hydroxyl groups excluding tert-OH is 1. The molecule has 0 saturated heterocycles. The number of carbonyl (C=O) groups is 1. The highest BCUT2D eigenvalue weighted by Gasteiger charge is 2.76. The molecule has 5 saturated carbocycles. The van der Waals surface area contributed by atoms with Gasteiger partial charge in [-0.2, -0.15) is 0 Å². The van der Waals surface area contributed by atoms with Crippen LogP contribution in [0.4, 0.5) is 0 Å². The van der Waals surface area contributed by atoms with E-state index < -0.39 is 11.0 Å². The molecule has 0 aliphatic heterocycles. The monoisotopic (exact) mass is 513 g/mol. The van der Waals surface area contributed by atoms with E-state index >= 15 is 0 Å². The lowest BCUT2D eigenvalue weighted by Gasteiger charge is -2.75. The molecule has 1 amide bonds. The zero-order chi connectivity index (χ0) is 27.4. The normalized spacial score (nSPS) is 53.2. The van der Waals surface area contributed by atoms with Gasteiger partial charge in [0.05, 0.1) is 17.7 Å². The maximum Gasteiger partial charge on any atom is 0.227 e. The molecule has 1 unspecified atom stereocenters. The Kier molecular flexibility index (Phi) is 6.20. The molecule has 5 nitrogen and oxygen atoms in total. The van der Waals surface area contributed by atoms with Crippen LogP contribution < -0.4 is 16.8 Å². The third-order valence-corrected chi connectivity index (χ3v) is 14.1. The van der Waals surface area contributed by atoms with E-state index in [1.165, 1.54) is 5.57 Å². The van der Waals surface area contributed by atoms with Gasteiger partial charge >= 0.3 is 0 Å². The predicted molar refractivity (Wildman–Crippen MR) is 150 cm³/mol. The molecule has 5 fully saturated rings. The molecule has 0 radical (unpaired) electrons. The summed E-state index contributed by atoms with van der Waals surface area (Å²) >= 11 is 0. The quantitative estimate of drug-likeness (QED) is 0.295. The highest BCUT2D eigenvalue weighted by molar-refractivity contribution is 5.84. The van der Waals surface area contributed by atoms with Crippen LogP contribution in [0, 0.1) is 50.7 Å². The largest absolute Gasteiger partial charge is 0.393 e. The lowest BCUT2D eigenvalue weighted by Crippen LogP contribution is -2.77. The Hall–Kier alpha value is -0.910. The highest BCUT2D eigenvalue weighted by Crippen LogP contribution is 2.78. The molecular formula is C32H55N3O2. The average Bonchev–Trinajstić information content (AvgIpc) is 3.20. The maximum absolute atomic E-state index is 13.9. The van der Waals surface area contributed by atoms with Crippen molar-refractivity contribution < 1.29 is 9.90 Å². The van der Waals surface area contributed by atoms with Crippen LogP contribution in [-0.4, -0.2) is 28.8 Å². The van der Waals surface area contributed by atoms with Gasteiger partial charge < -0.3 is 21.9 Å². The van der Waals surface area contributed by atoms with Gasteiger partial charge in [0.25, 0.3) is 0 Å². The second-order valence-corrected chi connectivity index (χ2v) is 15.7. The fourth-order valence-corrected chi connectivity index (χ4v) is 12.0. The molecular weight excluding hydrogens is 458 g/mol. The van der Waals surface area contributed by atoms with Crippen LogP contribution in [0.5, 0.6) is 0 Å². The van der Waals surface area contributed by atoms with Gasteiger partial charge in [-0.05, 0) is 123 Å². The lowest BCUT2D eigenvalue weighted by atomic mass is 9.30. The molecule has 0 aromatic rings. The summed E-state index contributed by atoms with van der Waals surface area (Å²) in [5, 5.41) is 14.1. The number of hydrogen-bond donors (Lipinski definition) is 4. The number of aliphatic hydroxyl groups is 1. The van der Waals surface area contributed by atoms with E-state index in [-0.39, 0.29) is 51.7 Å². The van der Waals surface area contributed by atoms with Crippen molar-refractivity contribution >= 4 is 5.91 Å². The van der Waals surface area contributed by atoms with E-state index in [0.717, 1.165) is 64.2 Å². The molecule has 0 bridgehead atoms. The van der Waals surface area contributed by atoms with E-state index in [1.54, 1.807) is 0 Å². The molecule has 6 N–H and O–H groups in total. The van der Waals surface area contributed by atoms with Crippen molar-refractivity contribution in [1.29, 1.82) is 0 Å². The van der Waals surface area contributed by atoms with Gasteiger partial charge in [0.15, 0.2) is 0 Å². The van der Waals surface area contributed by atoms with Crippen molar-refractivity contribution in [3.63, 3.8) is 0 Å².